The Morgan fingerprint density at radius 2 is 1.91 bits per heavy atom. The lowest BCUT2D eigenvalue weighted by atomic mass is 10.1. The fraction of sp³-hybridized carbons (Fsp3) is 0.200. The number of carbonyl (C=O) groups is 2. The fourth-order valence-electron chi connectivity index (χ4n) is 3.56. The topological polar surface area (TPSA) is 67.9 Å². The SMILES string of the molecule is COc1ccc(CC(=O)Nc2ccc3c(c2)CN(Cc2ccccc2F)C(=O)CO3)cc1. The molecule has 6 nitrogen and oxygen atoms in total. The van der Waals surface area contributed by atoms with E-state index in [2.05, 4.69) is 5.32 Å². The molecule has 1 aliphatic rings. The zero-order valence-corrected chi connectivity index (χ0v) is 17.6. The summed E-state index contributed by atoms with van der Waals surface area (Å²) in [5, 5.41) is 2.89. The van der Waals surface area contributed by atoms with E-state index in [1.807, 2.05) is 24.3 Å². The summed E-state index contributed by atoms with van der Waals surface area (Å²) >= 11 is 0. The first-order chi connectivity index (χ1) is 15.5. The number of hydrogen-bond acceptors (Lipinski definition) is 4. The molecular formula is C25H23FN2O4. The summed E-state index contributed by atoms with van der Waals surface area (Å²) in [4.78, 5) is 26.5. The Balaban J connectivity index is 1.46. The lowest BCUT2D eigenvalue weighted by molar-refractivity contribution is -0.133. The summed E-state index contributed by atoms with van der Waals surface area (Å²) in [7, 11) is 1.59. The van der Waals surface area contributed by atoms with Gasteiger partial charge < -0.3 is 19.7 Å². The van der Waals surface area contributed by atoms with Gasteiger partial charge in [-0.05, 0) is 42.0 Å². The van der Waals surface area contributed by atoms with Crippen LogP contribution in [-0.4, -0.2) is 30.4 Å². The van der Waals surface area contributed by atoms with E-state index in [1.54, 1.807) is 48.4 Å². The number of nitrogens with one attached hydrogen (secondary N) is 1. The van der Waals surface area contributed by atoms with Crippen molar-refractivity contribution in [3.8, 4) is 11.5 Å². The smallest absolute Gasteiger partial charge is 0.261 e. The minimum absolute atomic E-state index is 0.120. The highest BCUT2D eigenvalue weighted by atomic mass is 19.1. The van der Waals surface area contributed by atoms with Gasteiger partial charge in [-0.15, -0.1) is 0 Å². The fourth-order valence-corrected chi connectivity index (χ4v) is 3.56. The Labute approximate surface area is 185 Å². The van der Waals surface area contributed by atoms with Gasteiger partial charge in [-0.1, -0.05) is 30.3 Å². The van der Waals surface area contributed by atoms with Gasteiger partial charge in [0.05, 0.1) is 13.5 Å². The van der Waals surface area contributed by atoms with Crippen LogP contribution in [0.1, 0.15) is 16.7 Å². The van der Waals surface area contributed by atoms with E-state index in [9.17, 15) is 14.0 Å². The van der Waals surface area contributed by atoms with Crippen LogP contribution in [0.5, 0.6) is 11.5 Å². The van der Waals surface area contributed by atoms with E-state index in [4.69, 9.17) is 9.47 Å². The molecule has 0 radical (unpaired) electrons. The molecule has 1 aliphatic heterocycles. The molecule has 1 heterocycles. The Morgan fingerprint density at radius 1 is 1.12 bits per heavy atom. The maximum atomic E-state index is 14.1. The monoisotopic (exact) mass is 434 g/mol. The van der Waals surface area contributed by atoms with Gasteiger partial charge in [0.1, 0.15) is 17.3 Å². The van der Waals surface area contributed by atoms with Crippen LogP contribution in [0, 0.1) is 5.82 Å². The van der Waals surface area contributed by atoms with Crippen molar-refractivity contribution in [2.24, 2.45) is 0 Å². The molecule has 0 fully saturated rings. The molecule has 1 N–H and O–H groups in total. The normalized spacial score (nSPS) is 13.1. The Bertz CT molecular complexity index is 1130. The predicted octanol–water partition coefficient (Wildman–Crippen LogP) is 3.94. The zero-order valence-electron chi connectivity index (χ0n) is 17.6. The number of halogens is 1. The highest BCUT2D eigenvalue weighted by Gasteiger charge is 2.23. The standard InChI is InChI=1S/C25H23FN2O4/c1-31-21-9-6-17(7-10-21)12-24(29)27-20-8-11-23-19(13-20)15-28(25(30)16-32-23)14-18-4-2-3-5-22(18)26/h2-11,13H,12,14-16H2,1H3,(H,27,29). The molecule has 0 bridgehead atoms. The molecule has 0 saturated heterocycles. The van der Waals surface area contributed by atoms with Crippen LogP contribution >= 0.6 is 0 Å². The molecule has 3 aromatic carbocycles. The summed E-state index contributed by atoms with van der Waals surface area (Å²) in [6.45, 7) is 0.275. The number of fused-ring (bicyclic) bond motifs is 1. The highest BCUT2D eigenvalue weighted by molar-refractivity contribution is 5.92. The van der Waals surface area contributed by atoms with Crippen molar-refractivity contribution in [1.29, 1.82) is 0 Å². The van der Waals surface area contributed by atoms with Gasteiger partial charge in [-0.2, -0.15) is 0 Å². The second kappa shape index (κ2) is 9.51. The van der Waals surface area contributed by atoms with Crippen LogP contribution < -0.4 is 14.8 Å². The van der Waals surface area contributed by atoms with Crippen LogP contribution in [0.4, 0.5) is 10.1 Å². The first-order valence-electron chi connectivity index (χ1n) is 10.2. The summed E-state index contributed by atoms with van der Waals surface area (Å²) in [6, 6.07) is 18.9. The maximum absolute atomic E-state index is 14.1. The minimum atomic E-state index is -0.356. The number of anilines is 1. The zero-order chi connectivity index (χ0) is 22.5. The molecule has 0 saturated carbocycles. The van der Waals surface area contributed by atoms with Crippen molar-refractivity contribution in [3.05, 3.63) is 89.2 Å². The van der Waals surface area contributed by atoms with E-state index in [0.717, 1.165) is 16.9 Å². The lowest BCUT2D eigenvalue weighted by Crippen LogP contribution is -2.32. The number of nitrogens with zero attached hydrogens (tertiary/aromatic N) is 1. The largest absolute Gasteiger partial charge is 0.497 e. The van der Waals surface area contributed by atoms with Gasteiger partial charge in [0.15, 0.2) is 6.61 Å². The molecular weight excluding hydrogens is 411 g/mol. The molecule has 164 valence electrons. The number of ether oxygens (including phenoxy) is 2. The predicted molar refractivity (Wildman–Crippen MR) is 118 cm³/mol. The second-order valence-electron chi connectivity index (χ2n) is 7.53. The quantitative estimate of drug-likeness (QED) is 0.638. The maximum Gasteiger partial charge on any atom is 0.261 e. The number of benzene rings is 3. The average Bonchev–Trinajstić information content (AvgIpc) is 2.94. The summed E-state index contributed by atoms with van der Waals surface area (Å²) in [5.74, 6) is 0.556. The Morgan fingerprint density at radius 3 is 2.66 bits per heavy atom. The van der Waals surface area contributed by atoms with Crippen LogP contribution in [0.25, 0.3) is 0 Å². The molecule has 0 spiro atoms. The van der Waals surface area contributed by atoms with E-state index in [-0.39, 0.29) is 43.7 Å². The van der Waals surface area contributed by atoms with Gasteiger partial charge >= 0.3 is 0 Å². The molecule has 32 heavy (non-hydrogen) atoms. The van der Waals surface area contributed by atoms with Crippen LogP contribution in [0.15, 0.2) is 66.7 Å². The van der Waals surface area contributed by atoms with Crippen LogP contribution in [-0.2, 0) is 29.1 Å². The van der Waals surface area contributed by atoms with Gasteiger partial charge in [0.2, 0.25) is 5.91 Å². The van der Waals surface area contributed by atoms with E-state index >= 15 is 0 Å². The number of hydrogen-bond donors (Lipinski definition) is 1. The molecule has 7 heteroatoms. The average molecular weight is 434 g/mol. The van der Waals surface area contributed by atoms with Crippen molar-refractivity contribution in [2.45, 2.75) is 19.5 Å². The number of amides is 2. The Hall–Kier alpha value is -3.87. The van der Waals surface area contributed by atoms with E-state index in [1.165, 1.54) is 6.07 Å². The summed E-state index contributed by atoms with van der Waals surface area (Å²) < 4.78 is 24.8. The van der Waals surface area contributed by atoms with Crippen molar-refractivity contribution >= 4 is 17.5 Å². The molecule has 0 aromatic heterocycles. The number of methoxy groups -OCH3 is 1. The molecule has 0 unspecified atom stereocenters. The molecule has 0 aliphatic carbocycles. The van der Waals surface area contributed by atoms with E-state index in [0.29, 0.717) is 17.0 Å². The number of carbonyl (C=O) groups excluding carboxylic acids is 2. The second-order valence-corrected chi connectivity index (χ2v) is 7.53. The van der Waals surface area contributed by atoms with Crippen molar-refractivity contribution in [2.75, 3.05) is 19.0 Å². The van der Waals surface area contributed by atoms with Gasteiger partial charge in [0.25, 0.3) is 5.91 Å². The molecule has 2 amide bonds. The third-order valence-electron chi connectivity index (χ3n) is 5.25. The minimum Gasteiger partial charge on any atom is -0.497 e. The third-order valence-corrected chi connectivity index (χ3v) is 5.25. The summed E-state index contributed by atoms with van der Waals surface area (Å²) in [5.41, 5.74) is 2.65. The first kappa shape index (κ1) is 21.4. The van der Waals surface area contributed by atoms with Crippen molar-refractivity contribution < 1.29 is 23.5 Å². The van der Waals surface area contributed by atoms with Crippen molar-refractivity contribution in [1.82, 2.24) is 4.90 Å². The van der Waals surface area contributed by atoms with Gasteiger partial charge in [-0.3, -0.25) is 9.59 Å². The van der Waals surface area contributed by atoms with Gasteiger partial charge in [0, 0.05) is 29.9 Å². The van der Waals surface area contributed by atoms with Crippen molar-refractivity contribution in [3.63, 3.8) is 0 Å². The lowest BCUT2D eigenvalue weighted by Gasteiger charge is -2.20. The third kappa shape index (κ3) is 5.06. The Kier molecular flexibility index (Phi) is 6.35. The van der Waals surface area contributed by atoms with Gasteiger partial charge in [-0.25, -0.2) is 4.39 Å². The first-order valence-corrected chi connectivity index (χ1v) is 10.2. The van der Waals surface area contributed by atoms with E-state index < -0.39 is 0 Å². The highest BCUT2D eigenvalue weighted by Crippen LogP contribution is 2.28. The number of rotatable bonds is 6. The summed E-state index contributed by atoms with van der Waals surface area (Å²) in [6.07, 6.45) is 0.218. The molecule has 0 atom stereocenters. The molecule has 4 rings (SSSR count). The molecule has 3 aromatic rings. The van der Waals surface area contributed by atoms with Crippen LogP contribution in [0.3, 0.4) is 0 Å². The van der Waals surface area contributed by atoms with Crippen LogP contribution in [0.2, 0.25) is 0 Å².